The van der Waals surface area contributed by atoms with Crippen LogP contribution in [0.5, 0.6) is 11.5 Å². The molecule has 24 heavy (non-hydrogen) atoms. The standard InChI is InChI=1S/C18H19NO5/c1-12-6-7-16(13(2)8-12)24-10-17(20)19-14-4-3-5-15(9-14)23-11-18(21)22/h3-9H,10-11H2,1-2H3,(H,19,20)(H,21,22). The Labute approximate surface area is 140 Å². The van der Waals surface area contributed by atoms with Gasteiger partial charge in [-0.2, -0.15) is 0 Å². The van der Waals surface area contributed by atoms with E-state index in [4.69, 9.17) is 14.6 Å². The highest BCUT2D eigenvalue weighted by Gasteiger charge is 2.07. The molecule has 0 aromatic heterocycles. The zero-order chi connectivity index (χ0) is 17.5. The summed E-state index contributed by atoms with van der Waals surface area (Å²) in [6, 6.07) is 12.3. The lowest BCUT2D eigenvalue weighted by molar-refractivity contribution is -0.139. The van der Waals surface area contributed by atoms with Crippen molar-refractivity contribution in [1.82, 2.24) is 0 Å². The number of nitrogens with one attached hydrogen (secondary N) is 1. The number of carboxylic acid groups (broad SMARTS) is 1. The van der Waals surface area contributed by atoms with E-state index in [9.17, 15) is 9.59 Å². The summed E-state index contributed by atoms with van der Waals surface area (Å²) in [6.45, 7) is 3.35. The molecule has 0 radical (unpaired) electrons. The monoisotopic (exact) mass is 329 g/mol. The summed E-state index contributed by atoms with van der Waals surface area (Å²) in [5.74, 6) is -0.351. The molecule has 2 aromatic carbocycles. The van der Waals surface area contributed by atoms with Crippen LogP contribution in [0.2, 0.25) is 0 Å². The summed E-state index contributed by atoms with van der Waals surface area (Å²) in [5.41, 5.74) is 2.60. The van der Waals surface area contributed by atoms with Crippen LogP contribution in [0.1, 0.15) is 11.1 Å². The van der Waals surface area contributed by atoms with E-state index in [2.05, 4.69) is 5.32 Å². The van der Waals surface area contributed by atoms with Crippen molar-refractivity contribution in [2.45, 2.75) is 13.8 Å². The maximum Gasteiger partial charge on any atom is 0.341 e. The summed E-state index contributed by atoms with van der Waals surface area (Å²) in [5, 5.41) is 11.3. The van der Waals surface area contributed by atoms with Gasteiger partial charge in [-0.15, -0.1) is 0 Å². The van der Waals surface area contributed by atoms with E-state index in [1.54, 1.807) is 24.3 Å². The van der Waals surface area contributed by atoms with Crippen LogP contribution >= 0.6 is 0 Å². The van der Waals surface area contributed by atoms with E-state index in [1.807, 2.05) is 32.0 Å². The van der Waals surface area contributed by atoms with Crippen molar-refractivity contribution in [2.75, 3.05) is 18.5 Å². The van der Waals surface area contributed by atoms with Gasteiger partial charge in [-0.25, -0.2) is 4.79 Å². The third kappa shape index (κ3) is 5.31. The average Bonchev–Trinajstić information content (AvgIpc) is 2.52. The molecule has 0 saturated heterocycles. The second-order valence-corrected chi connectivity index (χ2v) is 5.32. The van der Waals surface area contributed by atoms with Crippen molar-refractivity contribution in [3.05, 3.63) is 53.6 Å². The van der Waals surface area contributed by atoms with Crippen LogP contribution in [-0.2, 0) is 9.59 Å². The normalized spacial score (nSPS) is 10.1. The highest BCUT2D eigenvalue weighted by Crippen LogP contribution is 2.19. The third-order valence-electron chi connectivity index (χ3n) is 3.17. The molecular formula is C18H19NO5. The first kappa shape index (κ1) is 17.3. The number of amides is 1. The Bertz CT molecular complexity index is 742. The van der Waals surface area contributed by atoms with E-state index in [0.717, 1.165) is 11.1 Å². The smallest absolute Gasteiger partial charge is 0.341 e. The predicted molar refractivity (Wildman–Crippen MR) is 89.6 cm³/mol. The van der Waals surface area contributed by atoms with Gasteiger partial charge in [-0.05, 0) is 37.6 Å². The molecule has 1 amide bonds. The maximum atomic E-state index is 12.0. The molecule has 6 heteroatoms. The highest BCUT2D eigenvalue weighted by molar-refractivity contribution is 5.92. The number of aliphatic carboxylic acids is 1. The average molecular weight is 329 g/mol. The van der Waals surface area contributed by atoms with Crippen LogP contribution in [0.4, 0.5) is 5.69 Å². The number of carbonyl (C=O) groups excluding carboxylic acids is 1. The molecule has 0 bridgehead atoms. The molecule has 0 aliphatic carbocycles. The minimum atomic E-state index is -1.06. The van der Waals surface area contributed by atoms with Gasteiger partial charge in [0.25, 0.3) is 5.91 Å². The Kier molecular flexibility index (Phi) is 5.78. The summed E-state index contributed by atoms with van der Waals surface area (Å²) in [4.78, 5) is 22.5. The second kappa shape index (κ2) is 8.01. The highest BCUT2D eigenvalue weighted by atomic mass is 16.5. The van der Waals surface area contributed by atoms with Gasteiger partial charge in [0.15, 0.2) is 13.2 Å². The third-order valence-corrected chi connectivity index (χ3v) is 3.17. The van der Waals surface area contributed by atoms with Crippen molar-refractivity contribution in [1.29, 1.82) is 0 Å². The predicted octanol–water partition coefficient (Wildman–Crippen LogP) is 2.78. The number of benzene rings is 2. The van der Waals surface area contributed by atoms with Crippen molar-refractivity contribution in [3.8, 4) is 11.5 Å². The quantitative estimate of drug-likeness (QED) is 0.816. The Morgan fingerprint density at radius 2 is 1.83 bits per heavy atom. The molecule has 2 N–H and O–H groups in total. The summed E-state index contributed by atoms with van der Waals surface area (Å²) >= 11 is 0. The van der Waals surface area contributed by atoms with Crippen LogP contribution in [0.25, 0.3) is 0 Å². The Morgan fingerprint density at radius 3 is 2.54 bits per heavy atom. The van der Waals surface area contributed by atoms with Gasteiger partial charge < -0.3 is 19.9 Å². The number of ether oxygens (including phenoxy) is 2. The van der Waals surface area contributed by atoms with E-state index in [1.165, 1.54) is 0 Å². The summed E-state index contributed by atoms with van der Waals surface area (Å²) in [7, 11) is 0. The maximum absolute atomic E-state index is 12.0. The van der Waals surface area contributed by atoms with Gasteiger partial charge in [0.1, 0.15) is 11.5 Å². The van der Waals surface area contributed by atoms with Crippen LogP contribution in [0.3, 0.4) is 0 Å². The van der Waals surface area contributed by atoms with E-state index in [-0.39, 0.29) is 12.5 Å². The van der Waals surface area contributed by atoms with Gasteiger partial charge in [-0.1, -0.05) is 23.8 Å². The number of anilines is 1. The lowest BCUT2D eigenvalue weighted by Gasteiger charge is -2.11. The lowest BCUT2D eigenvalue weighted by Crippen LogP contribution is -2.20. The molecule has 0 aliphatic rings. The van der Waals surface area contributed by atoms with Crippen molar-refractivity contribution >= 4 is 17.6 Å². The summed E-state index contributed by atoms with van der Waals surface area (Å²) < 4.78 is 10.6. The molecule has 0 spiro atoms. The Hall–Kier alpha value is -3.02. The number of carbonyl (C=O) groups is 2. The van der Waals surface area contributed by atoms with Gasteiger partial charge in [0.05, 0.1) is 0 Å². The number of aryl methyl sites for hydroxylation is 2. The molecule has 0 saturated carbocycles. The van der Waals surface area contributed by atoms with E-state index < -0.39 is 12.6 Å². The minimum absolute atomic E-state index is 0.121. The van der Waals surface area contributed by atoms with Crippen LogP contribution in [-0.4, -0.2) is 30.2 Å². The van der Waals surface area contributed by atoms with Crippen LogP contribution < -0.4 is 14.8 Å². The van der Waals surface area contributed by atoms with Crippen molar-refractivity contribution in [2.24, 2.45) is 0 Å². The topological polar surface area (TPSA) is 84.9 Å². The molecule has 126 valence electrons. The van der Waals surface area contributed by atoms with Crippen molar-refractivity contribution in [3.63, 3.8) is 0 Å². The number of carboxylic acids is 1. The van der Waals surface area contributed by atoms with Gasteiger partial charge in [0, 0.05) is 11.8 Å². The number of rotatable bonds is 7. The SMILES string of the molecule is Cc1ccc(OCC(=O)Nc2cccc(OCC(=O)O)c2)c(C)c1. The summed E-state index contributed by atoms with van der Waals surface area (Å²) in [6.07, 6.45) is 0. The molecule has 0 heterocycles. The molecule has 0 atom stereocenters. The van der Waals surface area contributed by atoms with Gasteiger partial charge in [-0.3, -0.25) is 4.79 Å². The van der Waals surface area contributed by atoms with Gasteiger partial charge >= 0.3 is 5.97 Å². The zero-order valence-electron chi connectivity index (χ0n) is 13.5. The first-order chi connectivity index (χ1) is 11.4. The van der Waals surface area contributed by atoms with E-state index >= 15 is 0 Å². The second-order valence-electron chi connectivity index (χ2n) is 5.32. The van der Waals surface area contributed by atoms with Crippen molar-refractivity contribution < 1.29 is 24.2 Å². The Morgan fingerprint density at radius 1 is 1.04 bits per heavy atom. The fourth-order valence-electron chi connectivity index (χ4n) is 2.11. The fraction of sp³-hybridized carbons (Fsp3) is 0.222. The van der Waals surface area contributed by atoms with Crippen LogP contribution in [0, 0.1) is 13.8 Å². The number of hydrogen-bond acceptors (Lipinski definition) is 4. The lowest BCUT2D eigenvalue weighted by atomic mass is 10.1. The number of hydrogen-bond donors (Lipinski definition) is 2. The molecule has 0 aliphatic heterocycles. The van der Waals surface area contributed by atoms with E-state index in [0.29, 0.717) is 17.2 Å². The Balaban J connectivity index is 1.90. The molecule has 2 rings (SSSR count). The first-order valence-corrected chi connectivity index (χ1v) is 7.38. The molecule has 0 fully saturated rings. The van der Waals surface area contributed by atoms with Gasteiger partial charge in [0.2, 0.25) is 0 Å². The zero-order valence-corrected chi connectivity index (χ0v) is 13.5. The molecular weight excluding hydrogens is 310 g/mol. The fourth-order valence-corrected chi connectivity index (χ4v) is 2.11. The molecule has 2 aromatic rings. The first-order valence-electron chi connectivity index (χ1n) is 7.38. The molecule has 0 unspecified atom stereocenters. The largest absolute Gasteiger partial charge is 0.483 e. The van der Waals surface area contributed by atoms with Crippen LogP contribution in [0.15, 0.2) is 42.5 Å². The molecule has 6 nitrogen and oxygen atoms in total. The minimum Gasteiger partial charge on any atom is -0.483 e.